The van der Waals surface area contributed by atoms with E-state index in [0.717, 1.165) is 6.34 Å². The van der Waals surface area contributed by atoms with Gasteiger partial charge in [0.15, 0.2) is 0 Å². The Morgan fingerprint density at radius 2 is 2.38 bits per heavy atom. The Morgan fingerprint density at radius 3 is 2.50 bits per heavy atom. The standard InChI is InChI=1S/C3H5N2O3/c6-3(7)1-5(8)2-4-3/h2,6-7H,1H2/q-1. The lowest BCUT2D eigenvalue weighted by Crippen LogP contribution is -2.31. The molecule has 1 aliphatic heterocycles. The SMILES string of the molecule is [O-]N1C=NC(O)(O)C1. The number of aliphatic hydroxyl groups is 2. The number of hydroxylamine groups is 2. The zero-order chi connectivity index (χ0) is 6.20. The van der Waals surface area contributed by atoms with Crippen LogP contribution >= 0.6 is 0 Å². The third-order valence-corrected chi connectivity index (χ3v) is 0.761. The molecule has 0 amide bonds. The van der Waals surface area contributed by atoms with E-state index >= 15 is 0 Å². The molecular weight excluding hydrogens is 112 g/mol. The van der Waals surface area contributed by atoms with Crippen LogP contribution in [0.3, 0.4) is 0 Å². The van der Waals surface area contributed by atoms with Gasteiger partial charge in [0.25, 0.3) is 5.91 Å². The van der Waals surface area contributed by atoms with Gasteiger partial charge in [0, 0.05) is 0 Å². The van der Waals surface area contributed by atoms with Gasteiger partial charge in [-0.05, 0) is 0 Å². The Hall–Kier alpha value is -0.650. The van der Waals surface area contributed by atoms with Crippen molar-refractivity contribution in [3.63, 3.8) is 0 Å². The summed E-state index contributed by atoms with van der Waals surface area (Å²) >= 11 is 0. The summed E-state index contributed by atoms with van der Waals surface area (Å²) < 4.78 is 0. The van der Waals surface area contributed by atoms with Crippen molar-refractivity contribution < 1.29 is 10.2 Å². The molecule has 1 heterocycles. The van der Waals surface area contributed by atoms with Crippen LogP contribution in [0.15, 0.2) is 4.99 Å². The molecule has 1 rings (SSSR count). The molecule has 0 aromatic heterocycles. The van der Waals surface area contributed by atoms with Crippen molar-refractivity contribution >= 4 is 6.34 Å². The molecule has 0 aromatic carbocycles. The van der Waals surface area contributed by atoms with E-state index in [2.05, 4.69) is 4.99 Å². The zero-order valence-corrected chi connectivity index (χ0v) is 3.98. The highest BCUT2D eigenvalue weighted by molar-refractivity contribution is 5.58. The highest BCUT2D eigenvalue weighted by Gasteiger charge is 2.25. The Kier molecular flexibility index (Phi) is 0.968. The summed E-state index contributed by atoms with van der Waals surface area (Å²) in [5.41, 5.74) is 0. The first-order valence-corrected chi connectivity index (χ1v) is 2.04. The molecule has 0 aliphatic carbocycles. The summed E-state index contributed by atoms with van der Waals surface area (Å²) in [6.45, 7) is -0.396. The van der Waals surface area contributed by atoms with Crippen LogP contribution in [0.5, 0.6) is 0 Å². The van der Waals surface area contributed by atoms with Gasteiger partial charge in [0.2, 0.25) is 0 Å². The molecule has 0 bridgehead atoms. The normalized spacial score (nSPS) is 24.6. The lowest BCUT2D eigenvalue weighted by molar-refractivity contribution is -0.146. The van der Waals surface area contributed by atoms with E-state index in [9.17, 15) is 5.21 Å². The van der Waals surface area contributed by atoms with Gasteiger partial charge in [0.05, 0.1) is 12.9 Å². The van der Waals surface area contributed by atoms with Crippen molar-refractivity contribution in [2.75, 3.05) is 6.54 Å². The van der Waals surface area contributed by atoms with Gasteiger partial charge in [-0.3, -0.25) is 0 Å². The van der Waals surface area contributed by atoms with Crippen LogP contribution in [-0.2, 0) is 0 Å². The van der Waals surface area contributed by atoms with Crippen LogP contribution in [0.4, 0.5) is 0 Å². The predicted octanol–water partition coefficient (Wildman–Crippen LogP) is -1.53. The summed E-state index contributed by atoms with van der Waals surface area (Å²) in [6.07, 6.45) is 0.833. The van der Waals surface area contributed by atoms with E-state index in [-0.39, 0.29) is 0 Å². The van der Waals surface area contributed by atoms with E-state index in [4.69, 9.17) is 10.2 Å². The first-order valence-electron chi connectivity index (χ1n) is 2.04. The van der Waals surface area contributed by atoms with Crippen molar-refractivity contribution in [2.24, 2.45) is 4.99 Å². The topological polar surface area (TPSA) is 79.1 Å². The number of β-amino-alcohol motifs (C(OH)–C–C–N with tert-alkyl or cyclic N) is 2. The first kappa shape index (κ1) is 5.49. The third-order valence-electron chi connectivity index (χ3n) is 0.761. The summed E-state index contributed by atoms with van der Waals surface area (Å²) in [4.78, 5) is 3.05. The second-order valence-corrected chi connectivity index (χ2v) is 1.59. The Balaban J connectivity index is 2.58. The second kappa shape index (κ2) is 1.41. The van der Waals surface area contributed by atoms with E-state index in [1.165, 1.54) is 0 Å². The van der Waals surface area contributed by atoms with Gasteiger partial charge >= 0.3 is 0 Å². The van der Waals surface area contributed by atoms with E-state index < -0.39 is 12.5 Å². The fourth-order valence-electron chi connectivity index (χ4n) is 0.448. The molecule has 5 nitrogen and oxygen atoms in total. The molecule has 0 fully saturated rings. The van der Waals surface area contributed by atoms with Crippen LogP contribution in [0.1, 0.15) is 0 Å². The smallest absolute Gasteiger partial charge is 0.283 e. The van der Waals surface area contributed by atoms with E-state index in [1.807, 2.05) is 0 Å². The number of rotatable bonds is 0. The Bertz CT molecular complexity index is 122. The zero-order valence-electron chi connectivity index (χ0n) is 3.98. The molecule has 0 atom stereocenters. The van der Waals surface area contributed by atoms with Gasteiger partial charge < -0.3 is 20.5 Å². The average molecular weight is 117 g/mol. The molecule has 0 saturated carbocycles. The quantitative estimate of drug-likeness (QED) is 0.377. The lowest BCUT2D eigenvalue weighted by Gasteiger charge is -2.21. The molecule has 2 N–H and O–H groups in total. The molecule has 0 radical (unpaired) electrons. The number of hydrogen-bond acceptors (Lipinski definition) is 5. The molecule has 0 aromatic rings. The molecule has 0 saturated heterocycles. The minimum atomic E-state index is -2.15. The predicted molar refractivity (Wildman–Crippen MR) is 25.7 cm³/mol. The maximum atomic E-state index is 10.1. The van der Waals surface area contributed by atoms with Crippen LogP contribution in [0, 0.1) is 5.21 Å². The fraction of sp³-hybridized carbons (Fsp3) is 0.667. The highest BCUT2D eigenvalue weighted by Crippen LogP contribution is 2.07. The van der Waals surface area contributed by atoms with E-state index in [1.54, 1.807) is 0 Å². The fourth-order valence-corrected chi connectivity index (χ4v) is 0.448. The van der Waals surface area contributed by atoms with Gasteiger partial charge in [0.1, 0.15) is 0 Å². The molecule has 46 valence electrons. The molecule has 0 unspecified atom stereocenters. The maximum absolute atomic E-state index is 10.1. The van der Waals surface area contributed by atoms with Crippen LogP contribution < -0.4 is 0 Å². The summed E-state index contributed by atoms with van der Waals surface area (Å²) in [6, 6.07) is 0. The second-order valence-electron chi connectivity index (χ2n) is 1.59. The summed E-state index contributed by atoms with van der Waals surface area (Å²) in [5, 5.41) is 27.4. The van der Waals surface area contributed by atoms with Crippen molar-refractivity contribution in [2.45, 2.75) is 5.91 Å². The minimum Gasteiger partial charge on any atom is -0.757 e. The number of nitrogens with zero attached hydrogens (tertiary/aromatic N) is 2. The number of hydrogen-bond donors (Lipinski definition) is 2. The van der Waals surface area contributed by atoms with Crippen molar-refractivity contribution in [3.8, 4) is 0 Å². The third kappa shape index (κ3) is 0.945. The Labute approximate surface area is 45.5 Å². The van der Waals surface area contributed by atoms with Crippen LogP contribution in [0.2, 0.25) is 0 Å². The largest absolute Gasteiger partial charge is 0.757 e. The number of aliphatic imine (C=N–C) groups is 1. The first-order chi connectivity index (χ1) is 3.60. The monoisotopic (exact) mass is 117 g/mol. The molecule has 8 heavy (non-hydrogen) atoms. The van der Waals surface area contributed by atoms with Gasteiger partial charge in [-0.15, -0.1) is 0 Å². The minimum absolute atomic E-state index is 0.347. The molecular formula is C3H5N2O3-. The van der Waals surface area contributed by atoms with Crippen molar-refractivity contribution in [1.29, 1.82) is 0 Å². The van der Waals surface area contributed by atoms with E-state index in [0.29, 0.717) is 5.06 Å². The Morgan fingerprint density at radius 1 is 1.75 bits per heavy atom. The molecule has 5 heteroatoms. The van der Waals surface area contributed by atoms with Gasteiger partial charge in [-0.25, -0.2) is 4.99 Å². The van der Waals surface area contributed by atoms with Crippen molar-refractivity contribution in [1.82, 2.24) is 5.06 Å². The van der Waals surface area contributed by atoms with Gasteiger partial charge in [-0.2, -0.15) is 0 Å². The van der Waals surface area contributed by atoms with Crippen LogP contribution in [0.25, 0.3) is 0 Å². The summed E-state index contributed by atoms with van der Waals surface area (Å²) in [5.74, 6) is -2.15. The van der Waals surface area contributed by atoms with Crippen LogP contribution in [-0.4, -0.2) is 34.1 Å². The summed E-state index contributed by atoms with van der Waals surface area (Å²) in [7, 11) is 0. The maximum Gasteiger partial charge on any atom is 0.283 e. The lowest BCUT2D eigenvalue weighted by atomic mass is 10.5. The molecule has 1 aliphatic rings. The van der Waals surface area contributed by atoms with Gasteiger partial charge in [-0.1, -0.05) is 0 Å². The average Bonchev–Trinajstić information content (AvgIpc) is 1.82. The van der Waals surface area contributed by atoms with Crippen molar-refractivity contribution in [3.05, 3.63) is 5.21 Å². The molecule has 0 spiro atoms. The highest BCUT2D eigenvalue weighted by atomic mass is 16.6.